The SMILES string of the molecule is C=C(C)C1CCC23OC2C(CC(C)=Cc2cc(C)c(o2)C1)OC3=O. The van der Waals surface area contributed by atoms with Crippen molar-refractivity contribution >= 4 is 12.0 Å². The number of hydrogen-bond donors (Lipinski definition) is 0. The second-order valence-electron chi connectivity index (χ2n) is 7.61. The molecule has 4 rings (SSSR count). The molecule has 1 aromatic rings. The quantitative estimate of drug-likeness (QED) is 0.445. The molecule has 2 saturated heterocycles. The maximum Gasteiger partial charge on any atom is 0.341 e. The zero-order valence-corrected chi connectivity index (χ0v) is 14.6. The van der Waals surface area contributed by atoms with Gasteiger partial charge in [-0.2, -0.15) is 0 Å². The third-order valence-electron chi connectivity index (χ3n) is 5.63. The van der Waals surface area contributed by atoms with Crippen molar-refractivity contribution in [2.75, 3.05) is 0 Å². The van der Waals surface area contributed by atoms with Crippen LogP contribution in [-0.2, 0) is 20.7 Å². The number of epoxide rings is 1. The largest absolute Gasteiger partial charge is 0.461 e. The predicted octanol–water partition coefficient (Wildman–Crippen LogP) is 3.97. The molecule has 4 heterocycles. The Morgan fingerprint density at radius 1 is 1.33 bits per heavy atom. The van der Waals surface area contributed by atoms with Crippen molar-refractivity contribution in [2.45, 2.75) is 64.3 Å². The first kappa shape index (κ1) is 15.7. The summed E-state index contributed by atoms with van der Waals surface area (Å²) >= 11 is 0. The van der Waals surface area contributed by atoms with Crippen LogP contribution in [0.15, 0.2) is 28.2 Å². The van der Waals surface area contributed by atoms with E-state index in [9.17, 15) is 4.79 Å². The van der Waals surface area contributed by atoms with E-state index in [1.54, 1.807) is 0 Å². The van der Waals surface area contributed by atoms with Crippen LogP contribution in [0.2, 0.25) is 0 Å². The first-order valence-electron chi connectivity index (χ1n) is 8.70. The van der Waals surface area contributed by atoms with E-state index < -0.39 is 5.60 Å². The molecule has 128 valence electrons. The molecule has 24 heavy (non-hydrogen) atoms. The van der Waals surface area contributed by atoms with Crippen LogP contribution in [0.1, 0.15) is 50.2 Å². The number of aryl methyl sites for hydroxylation is 1. The highest BCUT2D eigenvalue weighted by molar-refractivity contribution is 5.86. The van der Waals surface area contributed by atoms with Crippen LogP contribution in [0.25, 0.3) is 6.08 Å². The Balaban J connectivity index is 1.70. The molecule has 0 aromatic carbocycles. The van der Waals surface area contributed by atoms with Crippen LogP contribution in [-0.4, -0.2) is 23.8 Å². The van der Waals surface area contributed by atoms with Gasteiger partial charge >= 0.3 is 5.97 Å². The second-order valence-corrected chi connectivity index (χ2v) is 7.61. The van der Waals surface area contributed by atoms with E-state index in [0.717, 1.165) is 35.5 Å². The van der Waals surface area contributed by atoms with E-state index in [2.05, 4.69) is 19.6 Å². The standard InChI is InChI=1S/C20H24O4/c1-11(2)14-5-6-20-18(24-20)17(23-19(20)21)8-12(3)7-15-9-13(4)16(10-14)22-15/h7,9,14,17-18H,1,5-6,8,10H2,2-4H3. The summed E-state index contributed by atoms with van der Waals surface area (Å²) in [5, 5.41) is 0. The minimum atomic E-state index is -0.699. The molecule has 4 nitrogen and oxygen atoms in total. The van der Waals surface area contributed by atoms with Crippen LogP contribution < -0.4 is 0 Å². The van der Waals surface area contributed by atoms with Gasteiger partial charge in [0.25, 0.3) is 0 Å². The molecular weight excluding hydrogens is 304 g/mol. The van der Waals surface area contributed by atoms with E-state index in [1.165, 1.54) is 5.56 Å². The van der Waals surface area contributed by atoms with Gasteiger partial charge in [-0.3, -0.25) is 0 Å². The van der Waals surface area contributed by atoms with Crippen molar-refractivity contribution in [3.05, 3.63) is 40.9 Å². The molecule has 4 bridgehead atoms. The topological polar surface area (TPSA) is 52.0 Å². The van der Waals surface area contributed by atoms with Gasteiger partial charge in [-0.05, 0) is 57.2 Å². The number of esters is 1. The van der Waals surface area contributed by atoms with Gasteiger partial charge < -0.3 is 13.9 Å². The van der Waals surface area contributed by atoms with Crippen LogP contribution in [0.5, 0.6) is 0 Å². The molecule has 0 saturated carbocycles. The predicted molar refractivity (Wildman–Crippen MR) is 90.4 cm³/mol. The van der Waals surface area contributed by atoms with Crippen molar-refractivity contribution < 1.29 is 18.7 Å². The van der Waals surface area contributed by atoms with Gasteiger partial charge in [-0.1, -0.05) is 17.7 Å². The highest BCUT2D eigenvalue weighted by atomic mass is 16.7. The summed E-state index contributed by atoms with van der Waals surface area (Å²) in [6.45, 7) is 10.3. The van der Waals surface area contributed by atoms with E-state index in [1.807, 2.05) is 19.9 Å². The number of carbonyl (C=O) groups is 1. The van der Waals surface area contributed by atoms with E-state index >= 15 is 0 Å². The van der Waals surface area contributed by atoms with Crippen molar-refractivity contribution in [3.8, 4) is 0 Å². The zero-order chi connectivity index (χ0) is 17.1. The Kier molecular flexibility index (Phi) is 3.50. The van der Waals surface area contributed by atoms with Crippen molar-refractivity contribution in [1.82, 2.24) is 0 Å². The lowest BCUT2D eigenvalue weighted by atomic mass is 9.86. The summed E-state index contributed by atoms with van der Waals surface area (Å²) in [7, 11) is 0. The summed E-state index contributed by atoms with van der Waals surface area (Å²) in [5.41, 5.74) is 2.72. The molecular formula is C20H24O4. The van der Waals surface area contributed by atoms with Gasteiger partial charge in [-0.25, -0.2) is 4.79 Å². The maximum absolute atomic E-state index is 12.3. The highest BCUT2D eigenvalue weighted by Crippen LogP contribution is 2.52. The first-order valence-corrected chi connectivity index (χ1v) is 8.70. The molecule has 4 atom stereocenters. The Labute approximate surface area is 142 Å². The number of carbonyl (C=O) groups excluding carboxylic acids is 1. The van der Waals surface area contributed by atoms with E-state index in [-0.39, 0.29) is 24.1 Å². The van der Waals surface area contributed by atoms with Gasteiger partial charge in [0.05, 0.1) is 0 Å². The third-order valence-corrected chi connectivity index (χ3v) is 5.63. The molecule has 0 aliphatic carbocycles. The first-order chi connectivity index (χ1) is 11.4. The lowest BCUT2D eigenvalue weighted by molar-refractivity contribution is -0.154. The minimum absolute atomic E-state index is 0.0899. The van der Waals surface area contributed by atoms with Gasteiger partial charge in [0.2, 0.25) is 0 Å². The summed E-state index contributed by atoms with van der Waals surface area (Å²) < 4.78 is 17.5. The van der Waals surface area contributed by atoms with Crippen molar-refractivity contribution in [1.29, 1.82) is 0 Å². The summed E-state index contributed by atoms with van der Waals surface area (Å²) in [4.78, 5) is 12.3. The van der Waals surface area contributed by atoms with Crippen molar-refractivity contribution in [2.24, 2.45) is 5.92 Å². The van der Waals surface area contributed by atoms with Crippen molar-refractivity contribution in [3.63, 3.8) is 0 Å². The van der Waals surface area contributed by atoms with E-state index in [4.69, 9.17) is 13.9 Å². The lowest BCUT2D eigenvalue weighted by Crippen LogP contribution is -2.24. The Morgan fingerprint density at radius 3 is 2.83 bits per heavy atom. The molecule has 3 aliphatic rings. The average Bonchev–Trinajstić information content (AvgIpc) is 3.06. The molecule has 0 radical (unpaired) electrons. The highest BCUT2D eigenvalue weighted by Gasteiger charge is 2.72. The number of hydrogen-bond acceptors (Lipinski definition) is 4. The van der Waals surface area contributed by atoms with Crippen LogP contribution in [0, 0.1) is 12.8 Å². The molecule has 1 aromatic heterocycles. The van der Waals surface area contributed by atoms with Crippen LogP contribution in [0.4, 0.5) is 0 Å². The molecule has 3 aliphatic heterocycles. The Morgan fingerprint density at radius 2 is 2.12 bits per heavy atom. The molecule has 0 amide bonds. The van der Waals surface area contributed by atoms with Gasteiger partial charge in [0, 0.05) is 12.8 Å². The van der Waals surface area contributed by atoms with Gasteiger partial charge in [-0.15, -0.1) is 0 Å². The summed E-state index contributed by atoms with van der Waals surface area (Å²) in [6, 6.07) is 2.08. The monoisotopic (exact) mass is 328 g/mol. The third kappa shape index (κ3) is 2.44. The molecule has 4 unspecified atom stereocenters. The fourth-order valence-electron chi connectivity index (χ4n) is 4.06. The summed E-state index contributed by atoms with van der Waals surface area (Å²) in [5.74, 6) is 1.98. The molecule has 0 N–H and O–H groups in total. The Bertz CT molecular complexity index is 741. The summed E-state index contributed by atoms with van der Waals surface area (Å²) in [6.07, 6.45) is 4.83. The number of allylic oxidation sites excluding steroid dienone is 1. The number of rotatable bonds is 1. The van der Waals surface area contributed by atoms with Gasteiger partial charge in [0.1, 0.15) is 23.7 Å². The molecule has 4 heteroatoms. The van der Waals surface area contributed by atoms with Crippen LogP contribution in [0.3, 0.4) is 0 Å². The number of furan rings is 1. The molecule has 0 spiro atoms. The maximum atomic E-state index is 12.3. The second kappa shape index (κ2) is 5.35. The molecule has 2 fully saturated rings. The fraction of sp³-hybridized carbons (Fsp3) is 0.550. The normalized spacial score (nSPS) is 35.0. The van der Waals surface area contributed by atoms with Crippen LogP contribution >= 0.6 is 0 Å². The number of fused-ring (bicyclic) bond motifs is 2. The zero-order valence-electron chi connectivity index (χ0n) is 14.6. The van der Waals surface area contributed by atoms with Gasteiger partial charge in [0.15, 0.2) is 5.60 Å². The average molecular weight is 328 g/mol. The Hall–Kier alpha value is -1.81. The van der Waals surface area contributed by atoms with E-state index in [0.29, 0.717) is 12.8 Å². The fourth-order valence-corrected chi connectivity index (χ4v) is 4.06. The minimum Gasteiger partial charge on any atom is -0.461 e. The smallest absolute Gasteiger partial charge is 0.341 e. The number of ether oxygens (including phenoxy) is 2. The lowest BCUT2D eigenvalue weighted by Gasteiger charge is -2.18.